The van der Waals surface area contributed by atoms with Gasteiger partial charge in [0, 0.05) is 32.8 Å². The summed E-state index contributed by atoms with van der Waals surface area (Å²) in [5, 5.41) is 15.9. The number of pyridine rings is 1. The van der Waals surface area contributed by atoms with E-state index in [0.29, 0.717) is 18.2 Å². The summed E-state index contributed by atoms with van der Waals surface area (Å²) in [5.74, 6) is 1.14. The maximum atomic E-state index is 12.7. The van der Waals surface area contributed by atoms with Crippen molar-refractivity contribution >= 4 is 38.2 Å². The number of aliphatic hydroxyl groups is 1. The van der Waals surface area contributed by atoms with E-state index < -0.39 is 5.60 Å². The zero-order chi connectivity index (χ0) is 24.3. The highest BCUT2D eigenvalue weighted by Crippen LogP contribution is 2.50. The van der Waals surface area contributed by atoms with Crippen molar-refractivity contribution in [2.24, 2.45) is 5.92 Å². The van der Waals surface area contributed by atoms with Crippen molar-refractivity contribution < 1.29 is 9.84 Å². The molecule has 0 amide bonds. The van der Waals surface area contributed by atoms with Gasteiger partial charge in [0.05, 0.1) is 12.6 Å². The Kier molecular flexibility index (Phi) is 8.34. The predicted octanol–water partition coefficient (Wildman–Crippen LogP) is 7.27. The van der Waals surface area contributed by atoms with E-state index in [-0.39, 0.29) is 5.92 Å². The maximum absolute atomic E-state index is 12.7. The van der Waals surface area contributed by atoms with Gasteiger partial charge >= 0.3 is 0 Å². The van der Waals surface area contributed by atoms with Crippen LogP contribution in [0.15, 0.2) is 40.2 Å². The highest BCUT2D eigenvalue weighted by atomic mass is 79.9. The number of hydrogen-bond acceptors (Lipinski definition) is 5. The Bertz CT molecular complexity index is 1110. The minimum Gasteiger partial charge on any atom is -0.481 e. The molecule has 2 unspecified atom stereocenters. The lowest BCUT2D eigenvalue weighted by Gasteiger charge is -2.40. The molecule has 0 aliphatic heterocycles. The summed E-state index contributed by atoms with van der Waals surface area (Å²) in [4.78, 5) is 8.14. The van der Waals surface area contributed by atoms with Crippen LogP contribution in [0.5, 0.6) is 5.88 Å². The molecule has 2 aromatic heterocycles. The predicted molar refractivity (Wildman–Crippen MR) is 146 cm³/mol. The Morgan fingerprint density at radius 3 is 2.62 bits per heavy atom. The molecule has 2 atom stereocenters. The van der Waals surface area contributed by atoms with Gasteiger partial charge in [-0.25, -0.2) is 4.98 Å². The zero-order valence-electron chi connectivity index (χ0n) is 20.8. The minimum absolute atomic E-state index is 0.0984. The first-order chi connectivity index (χ1) is 16.3. The highest BCUT2D eigenvalue weighted by molar-refractivity contribution is 9.10. The lowest BCUT2D eigenvalue weighted by Crippen LogP contribution is -2.38. The first-order valence-corrected chi connectivity index (χ1v) is 14.0. The van der Waals surface area contributed by atoms with Crippen LogP contribution in [-0.4, -0.2) is 42.7 Å². The van der Waals surface area contributed by atoms with Gasteiger partial charge in [-0.2, -0.15) is 0 Å². The molecule has 34 heavy (non-hydrogen) atoms. The van der Waals surface area contributed by atoms with Crippen LogP contribution < -0.4 is 4.74 Å². The van der Waals surface area contributed by atoms with Gasteiger partial charge in [0.1, 0.15) is 5.60 Å². The summed E-state index contributed by atoms with van der Waals surface area (Å²) >= 11 is 5.29. The maximum Gasteiger partial charge on any atom is 0.217 e. The fourth-order valence-electron chi connectivity index (χ4n) is 5.55. The lowest BCUT2D eigenvalue weighted by atomic mass is 9.71. The van der Waals surface area contributed by atoms with Gasteiger partial charge in [0.15, 0.2) is 0 Å². The second-order valence-electron chi connectivity index (χ2n) is 10.1. The first kappa shape index (κ1) is 25.6. The molecule has 1 N–H and O–H groups in total. The standard InChI is InChI=1S/C28H37BrN2O2S/c1-19-12-15-34-26(19)28(32,13-14-31(2)3)24(16-20-8-6-5-7-9-20)23-18-21-17-22(29)10-11-25(21)30-27(23)33-4/h10-12,15,17-18,20,24,32H,5-9,13-14,16H2,1-4H3. The van der Waals surface area contributed by atoms with Crippen molar-refractivity contribution in [3.05, 3.63) is 56.2 Å². The molecule has 1 aliphatic carbocycles. The number of nitrogens with zero attached hydrogens (tertiary/aromatic N) is 2. The van der Waals surface area contributed by atoms with E-state index in [1.54, 1.807) is 18.4 Å². The largest absolute Gasteiger partial charge is 0.481 e. The quantitative estimate of drug-likeness (QED) is 0.307. The van der Waals surface area contributed by atoms with Crippen molar-refractivity contribution in [2.75, 3.05) is 27.7 Å². The fourth-order valence-corrected chi connectivity index (χ4v) is 7.04. The molecule has 1 aliphatic rings. The summed E-state index contributed by atoms with van der Waals surface area (Å²) in [6.45, 7) is 2.93. The van der Waals surface area contributed by atoms with Crippen molar-refractivity contribution in [3.63, 3.8) is 0 Å². The smallest absolute Gasteiger partial charge is 0.217 e. The molecule has 184 valence electrons. The third-order valence-electron chi connectivity index (χ3n) is 7.40. The normalized spacial score (nSPS) is 17.7. The molecular formula is C28H37BrN2O2S. The van der Waals surface area contributed by atoms with Crippen molar-refractivity contribution in [2.45, 2.75) is 63.4 Å². The zero-order valence-corrected chi connectivity index (χ0v) is 23.2. The third kappa shape index (κ3) is 5.51. The second kappa shape index (κ2) is 11.1. The molecule has 3 aromatic rings. The lowest BCUT2D eigenvalue weighted by molar-refractivity contribution is -0.0140. The molecule has 0 bridgehead atoms. The average Bonchev–Trinajstić information content (AvgIpc) is 3.27. The van der Waals surface area contributed by atoms with Gasteiger partial charge in [-0.15, -0.1) is 11.3 Å². The summed E-state index contributed by atoms with van der Waals surface area (Å²) < 4.78 is 6.91. The van der Waals surface area contributed by atoms with E-state index in [1.807, 2.05) is 12.1 Å². The molecule has 0 radical (unpaired) electrons. The van der Waals surface area contributed by atoms with E-state index in [9.17, 15) is 5.11 Å². The number of methoxy groups -OCH3 is 1. The Hall–Kier alpha value is -1.47. The summed E-state index contributed by atoms with van der Waals surface area (Å²) in [6, 6.07) is 10.5. The van der Waals surface area contributed by atoms with Crippen LogP contribution in [0, 0.1) is 12.8 Å². The van der Waals surface area contributed by atoms with Gasteiger partial charge in [-0.3, -0.25) is 0 Å². The topological polar surface area (TPSA) is 45.6 Å². The van der Waals surface area contributed by atoms with E-state index in [4.69, 9.17) is 9.72 Å². The van der Waals surface area contributed by atoms with E-state index >= 15 is 0 Å². The number of fused-ring (bicyclic) bond motifs is 1. The molecule has 6 heteroatoms. The third-order valence-corrected chi connectivity index (χ3v) is 9.08. The van der Waals surface area contributed by atoms with Gasteiger partial charge in [0.25, 0.3) is 0 Å². The van der Waals surface area contributed by atoms with Gasteiger partial charge in [-0.05, 0) is 81.1 Å². The molecule has 4 nitrogen and oxygen atoms in total. The monoisotopic (exact) mass is 544 g/mol. The Morgan fingerprint density at radius 1 is 1.21 bits per heavy atom. The fraction of sp³-hybridized carbons (Fsp3) is 0.536. The van der Waals surface area contributed by atoms with Crippen LogP contribution in [-0.2, 0) is 5.60 Å². The number of aryl methyl sites for hydroxylation is 1. The number of aromatic nitrogens is 1. The van der Waals surface area contributed by atoms with Crippen molar-refractivity contribution in [1.29, 1.82) is 0 Å². The number of hydrogen-bond donors (Lipinski definition) is 1. The Labute approximate surface area is 216 Å². The molecule has 1 saturated carbocycles. The number of rotatable bonds is 9. The average molecular weight is 546 g/mol. The van der Waals surface area contributed by atoms with E-state index in [2.05, 4.69) is 65.4 Å². The molecule has 4 rings (SSSR count). The molecule has 2 heterocycles. The molecule has 0 spiro atoms. The second-order valence-corrected chi connectivity index (χ2v) is 12.0. The van der Waals surface area contributed by atoms with Gasteiger partial charge in [0.2, 0.25) is 5.88 Å². The number of ether oxygens (including phenoxy) is 1. The van der Waals surface area contributed by atoms with Crippen LogP contribution in [0.1, 0.15) is 66.9 Å². The van der Waals surface area contributed by atoms with Crippen molar-refractivity contribution in [3.8, 4) is 5.88 Å². The highest BCUT2D eigenvalue weighted by Gasteiger charge is 2.44. The van der Waals surface area contributed by atoms with Crippen LogP contribution in [0.3, 0.4) is 0 Å². The molecular weight excluding hydrogens is 508 g/mol. The molecule has 0 saturated heterocycles. The Morgan fingerprint density at radius 2 is 1.97 bits per heavy atom. The van der Waals surface area contributed by atoms with E-state index in [1.165, 1.54) is 32.1 Å². The first-order valence-electron chi connectivity index (χ1n) is 12.4. The molecule has 1 aromatic carbocycles. The summed E-state index contributed by atoms with van der Waals surface area (Å²) in [5.41, 5.74) is 2.10. The number of thiophene rings is 1. The SMILES string of the molecule is COc1nc2ccc(Br)cc2cc1C(CC1CCCCC1)C(O)(CCN(C)C)c1sccc1C. The number of halogens is 1. The van der Waals surface area contributed by atoms with Crippen LogP contribution >= 0.6 is 27.3 Å². The van der Waals surface area contributed by atoms with Crippen molar-refractivity contribution in [1.82, 2.24) is 9.88 Å². The molecule has 1 fully saturated rings. The van der Waals surface area contributed by atoms with Crippen LogP contribution in [0.2, 0.25) is 0 Å². The minimum atomic E-state index is -0.991. The summed E-state index contributed by atoms with van der Waals surface area (Å²) in [7, 11) is 5.85. The van der Waals surface area contributed by atoms with E-state index in [0.717, 1.165) is 44.3 Å². The summed E-state index contributed by atoms with van der Waals surface area (Å²) in [6.07, 6.45) is 7.97. The Balaban J connectivity index is 1.89. The number of benzene rings is 1. The van der Waals surface area contributed by atoms with Gasteiger partial charge < -0.3 is 14.7 Å². The van der Waals surface area contributed by atoms with Crippen LogP contribution in [0.25, 0.3) is 10.9 Å². The van der Waals surface area contributed by atoms with Crippen LogP contribution in [0.4, 0.5) is 0 Å². The van der Waals surface area contributed by atoms with Gasteiger partial charge in [-0.1, -0.05) is 48.0 Å².